The van der Waals surface area contributed by atoms with Gasteiger partial charge in [0.1, 0.15) is 29.2 Å². The van der Waals surface area contributed by atoms with Crippen molar-refractivity contribution < 1.29 is 47.0 Å². The highest BCUT2D eigenvalue weighted by Crippen LogP contribution is 2.55. The van der Waals surface area contributed by atoms with Crippen LogP contribution >= 0.6 is 0 Å². The number of rotatable bonds is 8. The van der Waals surface area contributed by atoms with Crippen LogP contribution in [0.3, 0.4) is 0 Å². The van der Waals surface area contributed by atoms with Crippen LogP contribution < -0.4 is 25.2 Å². The summed E-state index contributed by atoms with van der Waals surface area (Å²) in [5, 5.41) is 10.8. The number of hydrogen-bond acceptors (Lipinski definition) is 12. The van der Waals surface area contributed by atoms with Gasteiger partial charge in [-0.25, -0.2) is 13.8 Å². The molecule has 334 valence electrons. The normalized spacial score (nSPS) is 23.3. The summed E-state index contributed by atoms with van der Waals surface area (Å²) in [7, 11) is 1.54. The maximum atomic E-state index is 15.9. The van der Waals surface area contributed by atoms with E-state index in [0.29, 0.717) is 80.7 Å². The van der Waals surface area contributed by atoms with Crippen LogP contribution in [0.1, 0.15) is 82.2 Å². The number of nitrogens with zero attached hydrogens (tertiary/aromatic N) is 7. The summed E-state index contributed by atoms with van der Waals surface area (Å²) in [5.74, 6) is -7.20. The number of alkyl halides is 2. The highest BCUT2D eigenvalue weighted by molar-refractivity contribution is 6.23. The van der Waals surface area contributed by atoms with Crippen LogP contribution in [-0.2, 0) is 19.1 Å². The summed E-state index contributed by atoms with van der Waals surface area (Å²) in [6, 6.07) is 12.3. The topological polar surface area (TPSA) is 189 Å². The number of carbonyl (C=O) groups is 6. The molecule has 2 unspecified atom stereocenters. The molecule has 5 fully saturated rings. The lowest BCUT2D eigenvalue weighted by Crippen LogP contribution is -2.57. The molecule has 19 heteroatoms. The SMILES string of the molecule is COc1cc2nn(C3CC4(CCN(C(=O)C5CCN(c6ccc7c(c6)C(=O)N(C6CCC(=O)NC6=O)C7=O)CC5(F)F)CC4)C3)cc2cc1NC(=O)c1cccc(N2CCOCC2)n1. The first-order chi connectivity index (χ1) is 30.8. The quantitative estimate of drug-likeness (QED) is 0.242. The van der Waals surface area contributed by atoms with E-state index in [1.54, 1.807) is 17.0 Å². The molecule has 0 radical (unpaired) electrons. The van der Waals surface area contributed by atoms with Crippen molar-refractivity contribution in [3.05, 3.63) is 71.5 Å². The number of anilines is 3. The third-order valence-electron chi connectivity index (χ3n) is 13.9. The molecule has 7 heterocycles. The maximum absolute atomic E-state index is 15.9. The smallest absolute Gasteiger partial charge is 0.276 e. The summed E-state index contributed by atoms with van der Waals surface area (Å²) in [6.45, 7) is 2.79. The fourth-order valence-corrected chi connectivity index (χ4v) is 10.3. The molecule has 2 aromatic heterocycles. The lowest BCUT2D eigenvalue weighted by molar-refractivity contribution is -0.155. The Labute approximate surface area is 366 Å². The average molecular weight is 880 g/mol. The molecular weight excluding hydrogens is 833 g/mol. The first-order valence-corrected chi connectivity index (χ1v) is 21.7. The Morgan fingerprint density at radius 1 is 0.906 bits per heavy atom. The van der Waals surface area contributed by atoms with Gasteiger partial charge in [-0.15, -0.1) is 0 Å². The zero-order chi connectivity index (χ0) is 44.5. The van der Waals surface area contributed by atoms with Crippen LogP contribution in [0.15, 0.2) is 54.7 Å². The van der Waals surface area contributed by atoms with Crippen LogP contribution in [0.2, 0.25) is 0 Å². The van der Waals surface area contributed by atoms with E-state index < -0.39 is 54.0 Å². The molecule has 6 aliphatic rings. The van der Waals surface area contributed by atoms with E-state index in [1.165, 1.54) is 30.2 Å². The van der Waals surface area contributed by atoms with Crippen LogP contribution in [0.5, 0.6) is 5.75 Å². The number of nitrogens with one attached hydrogen (secondary N) is 2. The lowest BCUT2D eigenvalue weighted by Gasteiger charge is -2.52. The predicted molar refractivity (Wildman–Crippen MR) is 226 cm³/mol. The number of methoxy groups -OCH3 is 1. The van der Waals surface area contributed by atoms with Crippen LogP contribution in [0, 0.1) is 11.3 Å². The molecule has 4 aromatic rings. The average Bonchev–Trinajstić information content (AvgIpc) is 3.81. The number of likely N-dealkylation sites (tertiary alicyclic amines) is 1. The van der Waals surface area contributed by atoms with Gasteiger partial charge in [0.25, 0.3) is 23.6 Å². The number of morpholine rings is 1. The van der Waals surface area contributed by atoms with Crippen molar-refractivity contribution in [1.82, 2.24) is 29.9 Å². The fraction of sp³-hybridized carbons (Fsp3) is 0.467. The Bertz CT molecular complexity index is 2600. The number of fused-ring (bicyclic) bond motifs is 2. The Hall–Kier alpha value is -6.50. The van der Waals surface area contributed by atoms with Crippen LogP contribution in [0.25, 0.3) is 10.9 Å². The molecule has 5 aliphatic heterocycles. The fourth-order valence-electron chi connectivity index (χ4n) is 10.3. The summed E-state index contributed by atoms with van der Waals surface area (Å²) < 4.78 is 44.9. The summed E-state index contributed by atoms with van der Waals surface area (Å²) in [4.78, 5) is 88.2. The van der Waals surface area contributed by atoms with Crippen molar-refractivity contribution in [2.75, 3.05) is 74.7 Å². The minimum absolute atomic E-state index is 0.00502. The molecule has 64 heavy (non-hydrogen) atoms. The molecule has 1 spiro atoms. The van der Waals surface area contributed by atoms with Crippen molar-refractivity contribution in [2.24, 2.45) is 11.3 Å². The number of aromatic nitrogens is 3. The van der Waals surface area contributed by atoms with Gasteiger partial charge < -0.3 is 29.5 Å². The number of pyridine rings is 1. The standard InChI is InChI=1S/C45H47F2N9O8/c1-63-36-21-33-26(19-34(36)49-39(58)32-3-2-4-37(48-32)52-15-17-64-18-16-52)24-55(51-33)28-22-44(23-28)10-13-53(14-11-44)43(62)31-9-12-54(25-45(31,46)47)27-5-6-29-30(20-27)42(61)56(41(29)60)35-7-8-38(57)50-40(35)59/h2-6,19-21,24,28,31,35H,7-18,22-23,25H2,1H3,(H,49,58)(H,50,57,59). The van der Waals surface area contributed by atoms with Gasteiger partial charge in [0, 0.05) is 62.5 Å². The molecule has 10 rings (SSSR count). The molecule has 1 saturated carbocycles. The number of ether oxygens (including phenoxy) is 2. The van der Waals surface area contributed by atoms with Gasteiger partial charge in [-0.3, -0.25) is 43.7 Å². The van der Waals surface area contributed by atoms with E-state index in [2.05, 4.69) is 20.5 Å². The van der Waals surface area contributed by atoms with E-state index >= 15 is 8.78 Å². The summed E-state index contributed by atoms with van der Waals surface area (Å²) >= 11 is 0. The number of benzene rings is 2. The molecule has 4 saturated heterocycles. The monoisotopic (exact) mass is 879 g/mol. The first kappa shape index (κ1) is 41.5. The number of halogens is 2. The Kier molecular flexibility index (Phi) is 10.3. The number of carbonyl (C=O) groups excluding carboxylic acids is 6. The van der Waals surface area contributed by atoms with Crippen molar-refractivity contribution >= 4 is 63.5 Å². The Morgan fingerprint density at radius 2 is 1.67 bits per heavy atom. The zero-order valence-corrected chi connectivity index (χ0v) is 35.2. The molecule has 17 nitrogen and oxygen atoms in total. The van der Waals surface area contributed by atoms with E-state index in [9.17, 15) is 28.8 Å². The number of piperidine rings is 3. The third-order valence-corrected chi connectivity index (χ3v) is 13.9. The predicted octanol–water partition coefficient (Wildman–Crippen LogP) is 4.04. The van der Waals surface area contributed by atoms with Gasteiger partial charge in [-0.2, -0.15) is 5.10 Å². The van der Waals surface area contributed by atoms with Crippen molar-refractivity contribution in [3.63, 3.8) is 0 Å². The second-order valence-electron chi connectivity index (χ2n) is 17.7. The van der Waals surface area contributed by atoms with Crippen molar-refractivity contribution in [3.8, 4) is 5.75 Å². The largest absolute Gasteiger partial charge is 0.494 e. The first-order valence-electron chi connectivity index (χ1n) is 21.7. The third kappa shape index (κ3) is 7.38. The van der Waals surface area contributed by atoms with E-state index in [-0.39, 0.29) is 60.0 Å². The van der Waals surface area contributed by atoms with Crippen molar-refractivity contribution in [1.29, 1.82) is 0 Å². The van der Waals surface area contributed by atoms with Gasteiger partial charge in [0.15, 0.2) is 0 Å². The van der Waals surface area contributed by atoms with E-state index in [0.717, 1.165) is 23.1 Å². The minimum atomic E-state index is -3.36. The molecule has 2 aromatic carbocycles. The zero-order valence-electron chi connectivity index (χ0n) is 35.2. The molecule has 1 aliphatic carbocycles. The maximum Gasteiger partial charge on any atom is 0.276 e. The highest BCUT2D eigenvalue weighted by Gasteiger charge is 2.53. The second kappa shape index (κ2) is 15.9. The van der Waals surface area contributed by atoms with Gasteiger partial charge in [-0.1, -0.05) is 6.07 Å². The summed E-state index contributed by atoms with van der Waals surface area (Å²) in [6.07, 6.45) is 4.92. The lowest BCUT2D eigenvalue weighted by atomic mass is 9.60. The van der Waals surface area contributed by atoms with Gasteiger partial charge in [0.05, 0.1) is 55.2 Å². The van der Waals surface area contributed by atoms with Gasteiger partial charge >= 0.3 is 0 Å². The van der Waals surface area contributed by atoms with Gasteiger partial charge in [0.2, 0.25) is 17.7 Å². The molecular formula is C45H47F2N9O8. The van der Waals surface area contributed by atoms with Crippen LogP contribution in [-0.4, -0.2) is 132 Å². The molecule has 2 N–H and O–H groups in total. The second-order valence-corrected chi connectivity index (χ2v) is 17.7. The molecule has 2 atom stereocenters. The summed E-state index contributed by atoms with van der Waals surface area (Å²) in [5.41, 5.74) is 1.84. The number of hydrogen-bond donors (Lipinski definition) is 2. The Morgan fingerprint density at radius 3 is 2.41 bits per heavy atom. The van der Waals surface area contributed by atoms with Crippen molar-refractivity contribution in [2.45, 2.75) is 63.0 Å². The van der Waals surface area contributed by atoms with Crippen LogP contribution in [0.4, 0.5) is 26.0 Å². The Balaban J connectivity index is 0.738. The van der Waals surface area contributed by atoms with E-state index in [4.69, 9.17) is 14.6 Å². The van der Waals surface area contributed by atoms with E-state index in [1.807, 2.05) is 29.1 Å². The molecule has 0 bridgehead atoms. The molecule has 6 amide bonds. The number of imide groups is 2. The minimum Gasteiger partial charge on any atom is -0.494 e. The van der Waals surface area contributed by atoms with Gasteiger partial charge in [-0.05, 0) is 80.3 Å². The number of amides is 6. The highest BCUT2D eigenvalue weighted by atomic mass is 19.3.